The van der Waals surface area contributed by atoms with Gasteiger partial charge in [0, 0.05) is 10.8 Å². The number of aryl methyl sites for hydroxylation is 2. The highest BCUT2D eigenvalue weighted by atomic mass is 16.3. The van der Waals surface area contributed by atoms with Crippen molar-refractivity contribution in [1.82, 2.24) is 0 Å². The first-order valence-corrected chi connectivity index (χ1v) is 11.3. The molecule has 6 aromatic rings. The van der Waals surface area contributed by atoms with E-state index in [9.17, 15) is 0 Å². The largest absolute Gasteiger partial charge is 0.456 e. The van der Waals surface area contributed by atoms with E-state index >= 15 is 0 Å². The third-order valence-electron chi connectivity index (χ3n) is 7.06. The molecular formula is C31H22O. The summed E-state index contributed by atoms with van der Waals surface area (Å²) < 4.78 is 6.11. The van der Waals surface area contributed by atoms with Crippen molar-refractivity contribution >= 4 is 49.6 Å². The van der Waals surface area contributed by atoms with E-state index in [-0.39, 0.29) is 0 Å². The molecule has 7 rings (SSSR count). The Labute approximate surface area is 186 Å². The number of rotatable bonds is 1. The SMILES string of the molecule is Cc1cccc2oc3ccc(-c4ccc5c6c(c7ccccc7c5c4)CCC=C6)cc3c12. The Kier molecular flexibility index (Phi) is 3.66. The summed E-state index contributed by atoms with van der Waals surface area (Å²) in [7, 11) is 0. The zero-order chi connectivity index (χ0) is 21.2. The summed E-state index contributed by atoms with van der Waals surface area (Å²) in [6, 6.07) is 28.7. The Morgan fingerprint density at radius 3 is 2.38 bits per heavy atom. The summed E-state index contributed by atoms with van der Waals surface area (Å²) in [5.74, 6) is 0. The molecule has 0 unspecified atom stereocenters. The van der Waals surface area contributed by atoms with Crippen LogP contribution in [0.15, 0.2) is 89.4 Å². The summed E-state index contributed by atoms with van der Waals surface area (Å²) in [6.07, 6.45) is 6.87. The standard InChI is InChI=1S/C31H22O/c1-19-7-6-12-30-31(19)28-18-21(14-16-29(28)32-30)20-13-15-26-24-10-3-2-8-22(24)23-9-4-5-11-25(23)27(26)17-20/h3-7,9-18H,2,8H2,1H3. The Morgan fingerprint density at radius 1 is 0.656 bits per heavy atom. The van der Waals surface area contributed by atoms with Crippen molar-refractivity contribution in [3.8, 4) is 11.1 Å². The van der Waals surface area contributed by atoms with Crippen molar-refractivity contribution < 1.29 is 4.42 Å². The zero-order valence-electron chi connectivity index (χ0n) is 18.0. The van der Waals surface area contributed by atoms with Crippen LogP contribution in [0.2, 0.25) is 0 Å². The van der Waals surface area contributed by atoms with Crippen LogP contribution >= 0.6 is 0 Å². The maximum atomic E-state index is 6.11. The van der Waals surface area contributed by atoms with Crippen LogP contribution in [-0.2, 0) is 6.42 Å². The van der Waals surface area contributed by atoms with Crippen molar-refractivity contribution in [1.29, 1.82) is 0 Å². The van der Waals surface area contributed by atoms with E-state index in [0.29, 0.717) is 0 Å². The van der Waals surface area contributed by atoms with E-state index < -0.39 is 0 Å². The van der Waals surface area contributed by atoms with Gasteiger partial charge in [-0.2, -0.15) is 0 Å². The molecule has 0 N–H and O–H groups in total. The van der Waals surface area contributed by atoms with Crippen LogP contribution in [-0.4, -0.2) is 0 Å². The molecule has 0 bridgehead atoms. The van der Waals surface area contributed by atoms with Gasteiger partial charge >= 0.3 is 0 Å². The van der Waals surface area contributed by atoms with Crippen molar-refractivity contribution in [2.24, 2.45) is 0 Å². The third-order valence-corrected chi connectivity index (χ3v) is 7.06. The highest BCUT2D eigenvalue weighted by Crippen LogP contribution is 2.39. The molecule has 152 valence electrons. The number of allylic oxidation sites excluding steroid dienone is 1. The lowest BCUT2D eigenvalue weighted by atomic mass is 9.86. The zero-order valence-corrected chi connectivity index (χ0v) is 18.0. The van der Waals surface area contributed by atoms with Crippen LogP contribution in [0.5, 0.6) is 0 Å². The maximum Gasteiger partial charge on any atom is 0.135 e. The molecule has 0 atom stereocenters. The molecular weight excluding hydrogens is 388 g/mol. The second-order valence-corrected chi connectivity index (χ2v) is 8.90. The van der Waals surface area contributed by atoms with Gasteiger partial charge in [-0.1, -0.05) is 66.7 Å². The fraction of sp³-hybridized carbons (Fsp3) is 0.0968. The monoisotopic (exact) mass is 410 g/mol. The van der Waals surface area contributed by atoms with E-state index in [1.165, 1.54) is 60.1 Å². The van der Waals surface area contributed by atoms with Crippen LogP contribution in [0.25, 0.3) is 60.7 Å². The number of hydrogen-bond acceptors (Lipinski definition) is 1. The molecule has 0 saturated heterocycles. The lowest BCUT2D eigenvalue weighted by Crippen LogP contribution is -1.97. The summed E-state index contributed by atoms with van der Waals surface area (Å²) in [4.78, 5) is 0. The molecule has 0 spiro atoms. The molecule has 1 heterocycles. The Hall–Kier alpha value is -3.84. The average Bonchev–Trinajstić information content (AvgIpc) is 3.23. The van der Waals surface area contributed by atoms with Gasteiger partial charge in [0.2, 0.25) is 0 Å². The highest BCUT2D eigenvalue weighted by Gasteiger charge is 2.16. The third kappa shape index (κ3) is 2.45. The van der Waals surface area contributed by atoms with E-state index in [1.807, 2.05) is 0 Å². The maximum absolute atomic E-state index is 6.11. The first-order chi connectivity index (χ1) is 15.8. The highest BCUT2D eigenvalue weighted by molar-refractivity contribution is 6.14. The van der Waals surface area contributed by atoms with Gasteiger partial charge in [-0.25, -0.2) is 0 Å². The van der Waals surface area contributed by atoms with Crippen LogP contribution in [0.3, 0.4) is 0 Å². The topological polar surface area (TPSA) is 13.1 Å². The van der Waals surface area contributed by atoms with E-state index in [2.05, 4.69) is 97.9 Å². The Morgan fingerprint density at radius 2 is 1.47 bits per heavy atom. The quantitative estimate of drug-likeness (QED) is 0.247. The minimum absolute atomic E-state index is 0.948. The fourth-order valence-electron chi connectivity index (χ4n) is 5.54. The molecule has 1 heteroatoms. The van der Waals surface area contributed by atoms with Crippen LogP contribution in [0.4, 0.5) is 0 Å². The minimum atomic E-state index is 0.948. The molecule has 1 aliphatic carbocycles. The molecule has 0 fully saturated rings. The van der Waals surface area contributed by atoms with Crippen molar-refractivity contribution in [3.05, 3.63) is 102 Å². The van der Waals surface area contributed by atoms with Crippen molar-refractivity contribution in [2.45, 2.75) is 19.8 Å². The number of furan rings is 1. The summed E-state index contributed by atoms with van der Waals surface area (Å²) >= 11 is 0. The second kappa shape index (κ2) is 6.58. The minimum Gasteiger partial charge on any atom is -0.456 e. The van der Waals surface area contributed by atoms with Crippen LogP contribution in [0, 0.1) is 6.92 Å². The molecule has 1 nitrogen and oxygen atoms in total. The second-order valence-electron chi connectivity index (χ2n) is 8.90. The van der Waals surface area contributed by atoms with E-state index in [1.54, 1.807) is 0 Å². The van der Waals surface area contributed by atoms with Crippen molar-refractivity contribution in [3.63, 3.8) is 0 Å². The molecule has 1 aliphatic rings. The van der Waals surface area contributed by atoms with Gasteiger partial charge in [0.1, 0.15) is 11.2 Å². The predicted octanol–water partition coefficient (Wildman–Crippen LogP) is 8.83. The van der Waals surface area contributed by atoms with Crippen LogP contribution in [0.1, 0.15) is 23.1 Å². The molecule has 0 amide bonds. The molecule has 32 heavy (non-hydrogen) atoms. The van der Waals surface area contributed by atoms with Gasteiger partial charge in [-0.15, -0.1) is 0 Å². The smallest absolute Gasteiger partial charge is 0.135 e. The van der Waals surface area contributed by atoms with E-state index in [4.69, 9.17) is 4.42 Å². The number of hydrogen-bond donors (Lipinski definition) is 0. The number of benzene rings is 5. The molecule has 5 aromatic carbocycles. The fourth-order valence-corrected chi connectivity index (χ4v) is 5.54. The first kappa shape index (κ1) is 17.8. The molecule has 0 radical (unpaired) electrons. The first-order valence-electron chi connectivity index (χ1n) is 11.3. The lowest BCUT2D eigenvalue weighted by Gasteiger charge is -2.18. The normalized spacial score (nSPS) is 13.4. The average molecular weight is 411 g/mol. The van der Waals surface area contributed by atoms with Gasteiger partial charge in [0.15, 0.2) is 0 Å². The molecule has 0 saturated carbocycles. The van der Waals surface area contributed by atoms with Crippen molar-refractivity contribution in [2.75, 3.05) is 0 Å². The van der Waals surface area contributed by atoms with Crippen LogP contribution < -0.4 is 0 Å². The van der Waals surface area contributed by atoms with Gasteiger partial charge < -0.3 is 4.42 Å². The van der Waals surface area contributed by atoms with E-state index in [0.717, 1.165) is 24.0 Å². The molecule has 1 aromatic heterocycles. The Balaban J connectivity index is 1.52. The molecule has 0 aliphatic heterocycles. The Bertz CT molecular complexity index is 1730. The lowest BCUT2D eigenvalue weighted by molar-refractivity contribution is 0.669. The summed E-state index contributed by atoms with van der Waals surface area (Å²) in [6.45, 7) is 2.16. The van der Waals surface area contributed by atoms with Gasteiger partial charge in [-0.3, -0.25) is 0 Å². The van der Waals surface area contributed by atoms with Gasteiger partial charge in [0.05, 0.1) is 0 Å². The summed E-state index contributed by atoms with van der Waals surface area (Å²) in [5, 5.41) is 7.83. The van der Waals surface area contributed by atoms with Gasteiger partial charge in [-0.05, 0) is 93.4 Å². The predicted molar refractivity (Wildman–Crippen MR) is 136 cm³/mol. The van der Waals surface area contributed by atoms with Gasteiger partial charge in [0.25, 0.3) is 0 Å². The summed E-state index contributed by atoms with van der Waals surface area (Å²) in [5.41, 5.74) is 8.51. The number of fused-ring (bicyclic) bond motifs is 9.